The van der Waals surface area contributed by atoms with Crippen LogP contribution in [0, 0.1) is 17.2 Å². The Kier molecular flexibility index (Phi) is 8.42. The Morgan fingerprint density at radius 1 is 0.524 bits per heavy atom. The average Bonchev–Trinajstić information content (AvgIpc) is 3.65. The van der Waals surface area contributed by atoms with E-state index in [4.69, 9.17) is 19.7 Å². The molecular weight excluding hydrogens is 769 g/mol. The summed E-state index contributed by atoms with van der Waals surface area (Å²) < 4.78 is 6.93. The first-order valence-electron chi connectivity index (χ1n) is 21.4. The van der Waals surface area contributed by atoms with Crippen LogP contribution in [-0.4, -0.2) is 15.0 Å². The highest BCUT2D eigenvalue weighted by atomic mass is 16.5. The van der Waals surface area contributed by atoms with Gasteiger partial charge in [-0.2, -0.15) is 5.26 Å². The molecule has 2 aliphatic carbocycles. The third-order valence-electron chi connectivity index (χ3n) is 13.1. The van der Waals surface area contributed by atoms with Gasteiger partial charge in [-0.25, -0.2) is 15.0 Å². The maximum absolute atomic E-state index is 10.4. The normalized spacial score (nSPS) is 17.0. The van der Waals surface area contributed by atoms with Crippen molar-refractivity contribution in [1.82, 2.24) is 15.0 Å². The Balaban J connectivity index is 1.00. The quantitative estimate of drug-likeness (QED) is 0.173. The van der Waals surface area contributed by atoms with Crippen molar-refractivity contribution < 1.29 is 4.74 Å². The molecule has 0 amide bonds. The zero-order valence-corrected chi connectivity index (χ0v) is 34.5. The molecule has 1 aromatic heterocycles. The molecule has 2 unspecified atom stereocenters. The lowest BCUT2D eigenvalue weighted by molar-refractivity contribution is 0.346. The standard InChI is InChI=1S/C58H38N4O/c1-36-30-53-51(34-45(36)35-59)58(48-25-11-10-24-47(48)54-46-23-9-8-14-37(46)26-28-49(54)58)50-33-43(27-29-52(50)63-53)41-20-12-19-40(31-41)42-21-13-22-44(32-42)57-61-55(38-15-4-2-5-16-38)60-56(62-57)39-17-6-3-7-18-39/h2-29,31-34,36H,30H2,1H3. The third kappa shape index (κ3) is 5.80. The van der Waals surface area contributed by atoms with Crippen LogP contribution in [0.3, 0.4) is 0 Å². The van der Waals surface area contributed by atoms with Gasteiger partial charge in [0.15, 0.2) is 17.5 Å². The summed E-state index contributed by atoms with van der Waals surface area (Å²) in [5.41, 5.74) is 14.2. The number of nitriles is 1. The van der Waals surface area contributed by atoms with Gasteiger partial charge in [-0.1, -0.05) is 171 Å². The highest BCUT2D eigenvalue weighted by Gasteiger charge is 2.53. The van der Waals surface area contributed by atoms with Crippen LogP contribution in [0.5, 0.6) is 5.75 Å². The Morgan fingerprint density at radius 2 is 1.10 bits per heavy atom. The van der Waals surface area contributed by atoms with Crippen LogP contribution in [0.1, 0.15) is 30.0 Å². The molecule has 0 fully saturated rings. The van der Waals surface area contributed by atoms with Crippen LogP contribution in [0.25, 0.3) is 78.3 Å². The summed E-state index contributed by atoms with van der Waals surface area (Å²) in [6.45, 7) is 2.12. The van der Waals surface area contributed by atoms with Crippen LogP contribution >= 0.6 is 0 Å². The summed E-state index contributed by atoms with van der Waals surface area (Å²) in [7, 11) is 0. The van der Waals surface area contributed by atoms with E-state index in [0.717, 1.165) is 67.2 Å². The van der Waals surface area contributed by atoms with E-state index in [9.17, 15) is 5.26 Å². The minimum Gasteiger partial charge on any atom is -0.461 e. The van der Waals surface area contributed by atoms with Crippen molar-refractivity contribution in [3.63, 3.8) is 0 Å². The minimum absolute atomic E-state index is 0.0579. The van der Waals surface area contributed by atoms with Crippen molar-refractivity contribution in [2.75, 3.05) is 0 Å². The molecule has 3 aliphatic rings. The second-order valence-corrected chi connectivity index (χ2v) is 16.7. The number of aromatic nitrogens is 3. The molecule has 1 aliphatic heterocycles. The zero-order chi connectivity index (χ0) is 42.1. The Hall–Kier alpha value is -8.20. The lowest BCUT2D eigenvalue weighted by atomic mass is 9.63. The zero-order valence-electron chi connectivity index (χ0n) is 34.5. The molecule has 0 radical (unpaired) electrons. The molecule has 5 nitrogen and oxygen atoms in total. The summed E-state index contributed by atoms with van der Waals surface area (Å²) in [6, 6.07) is 68.6. The summed E-state index contributed by atoms with van der Waals surface area (Å²) in [5.74, 6) is 3.72. The van der Waals surface area contributed by atoms with Crippen molar-refractivity contribution in [2.24, 2.45) is 5.92 Å². The fraction of sp³-hybridized carbons (Fsp3) is 0.0690. The Bertz CT molecular complexity index is 3380. The van der Waals surface area contributed by atoms with Crippen LogP contribution in [0.4, 0.5) is 0 Å². The lowest BCUT2D eigenvalue weighted by Crippen LogP contribution is -2.36. The number of allylic oxidation sites excluding steroid dienone is 4. The number of ether oxygens (including phenoxy) is 1. The van der Waals surface area contributed by atoms with Gasteiger partial charge in [-0.3, -0.25) is 0 Å². The molecule has 8 aromatic carbocycles. The molecule has 2 atom stereocenters. The number of fused-ring (bicyclic) bond motifs is 10. The van der Waals surface area contributed by atoms with Crippen LogP contribution < -0.4 is 4.74 Å². The number of hydrogen-bond acceptors (Lipinski definition) is 5. The third-order valence-corrected chi connectivity index (χ3v) is 13.1. The van der Waals surface area contributed by atoms with Crippen LogP contribution in [-0.2, 0) is 5.41 Å². The van der Waals surface area contributed by atoms with Gasteiger partial charge in [0.1, 0.15) is 11.5 Å². The summed E-state index contributed by atoms with van der Waals surface area (Å²) in [6.07, 6.45) is 2.79. The average molecular weight is 807 g/mol. The van der Waals surface area contributed by atoms with Crippen molar-refractivity contribution in [3.05, 3.63) is 228 Å². The van der Waals surface area contributed by atoms with E-state index in [2.05, 4.69) is 146 Å². The van der Waals surface area contributed by atoms with E-state index in [0.29, 0.717) is 23.9 Å². The van der Waals surface area contributed by atoms with Gasteiger partial charge in [0, 0.05) is 39.8 Å². The summed E-state index contributed by atoms with van der Waals surface area (Å²) >= 11 is 0. The molecule has 0 saturated carbocycles. The predicted octanol–water partition coefficient (Wildman–Crippen LogP) is 13.8. The lowest BCUT2D eigenvalue weighted by Gasteiger charge is -2.42. The maximum atomic E-state index is 10.4. The van der Waals surface area contributed by atoms with Crippen molar-refractivity contribution in [2.45, 2.75) is 18.8 Å². The van der Waals surface area contributed by atoms with Crippen molar-refractivity contribution in [3.8, 4) is 79.4 Å². The molecule has 0 bridgehead atoms. The monoisotopic (exact) mass is 806 g/mol. The van der Waals surface area contributed by atoms with Crippen molar-refractivity contribution >= 4 is 10.8 Å². The van der Waals surface area contributed by atoms with Gasteiger partial charge in [-0.05, 0) is 91.5 Å². The smallest absolute Gasteiger partial charge is 0.164 e. The van der Waals surface area contributed by atoms with E-state index in [-0.39, 0.29) is 5.92 Å². The second-order valence-electron chi connectivity index (χ2n) is 16.7. The Labute approximate surface area is 366 Å². The van der Waals surface area contributed by atoms with Gasteiger partial charge in [-0.15, -0.1) is 0 Å². The molecule has 2 heterocycles. The molecular formula is C58H38N4O. The first kappa shape index (κ1) is 36.6. The van der Waals surface area contributed by atoms with E-state index >= 15 is 0 Å². The highest BCUT2D eigenvalue weighted by Crippen LogP contribution is 2.63. The molecule has 5 heteroatoms. The van der Waals surface area contributed by atoms with Gasteiger partial charge < -0.3 is 4.74 Å². The number of benzene rings is 8. The minimum atomic E-state index is -0.690. The molecule has 63 heavy (non-hydrogen) atoms. The first-order valence-corrected chi connectivity index (χ1v) is 21.4. The Morgan fingerprint density at radius 3 is 1.79 bits per heavy atom. The van der Waals surface area contributed by atoms with Crippen molar-refractivity contribution in [1.29, 1.82) is 5.26 Å². The fourth-order valence-corrected chi connectivity index (χ4v) is 10.1. The van der Waals surface area contributed by atoms with Crippen LogP contribution in [0.15, 0.2) is 211 Å². The molecule has 296 valence electrons. The maximum Gasteiger partial charge on any atom is 0.164 e. The summed E-state index contributed by atoms with van der Waals surface area (Å²) in [5, 5.41) is 12.9. The topological polar surface area (TPSA) is 71.7 Å². The second kappa shape index (κ2) is 14.5. The van der Waals surface area contributed by atoms with Gasteiger partial charge in [0.05, 0.1) is 11.5 Å². The SMILES string of the molecule is CC1CC2=C(C=C1C#N)C1(c3cc(-c4cccc(-c5cccc(-c6nc(-c7ccccc7)nc(-c7ccccc7)n6)c5)c4)ccc3O2)c2ccccc2-c2c1ccc1ccccc21. The molecule has 9 aromatic rings. The molecule has 0 N–H and O–H groups in total. The number of rotatable bonds is 5. The van der Waals surface area contributed by atoms with E-state index < -0.39 is 5.41 Å². The number of nitrogens with zero attached hydrogens (tertiary/aromatic N) is 4. The number of hydrogen-bond donors (Lipinski definition) is 0. The molecule has 12 rings (SSSR count). The van der Waals surface area contributed by atoms with E-state index in [1.54, 1.807) is 0 Å². The predicted molar refractivity (Wildman–Crippen MR) is 251 cm³/mol. The van der Waals surface area contributed by atoms with Gasteiger partial charge >= 0.3 is 0 Å². The fourth-order valence-electron chi connectivity index (χ4n) is 10.1. The molecule has 0 saturated heterocycles. The first-order chi connectivity index (χ1) is 31.1. The molecule has 1 spiro atoms. The van der Waals surface area contributed by atoms with Gasteiger partial charge in [0.2, 0.25) is 0 Å². The van der Waals surface area contributed by atoms with E-state index in [1.807, 2.05) is 60.7 Å². The summed E-state index contributed by atoms with van der Waals surface area (Å²) in [4.78, 5) is 14.9. The van der Waals surface area contributed by atoms with Gasteiger partial charge in [0.25, 0.3) is 0 Å². The largest absolute Gasteiger partial charge is 0.461 e. The highest BCUT2D eigenvalue weighted by molar-refractivity contribution is 6.04. The van der Waals surface area contributed by atoms with Crippen LogP contribution in [0.2, 0.25) is 0 Å². The van der Waals surface area contributed by atoms with E-state index in [1.165, 1.54) is 33.0 Å².